The third-order valence-corrected chi connectivity index (χ3v) is 2.39. The molecule has 8 heteroatoms. The molecule has 0 aliphatic heterocycles. The van der Waals surface area contributed by atoms with Crippen LogP contribution in [0.1, 0.15) is 6.92 Å². The van der Waals surface area contributed by atoms with Crippen LogP contribution >= 0.6 is 0 Å². The predicted molar refractivity (Wildman–Crippen MR) is 65.8 cm³/mol. The summed E-state index contributed by atoms with van der Waals surface area (Å²) in [4.78, 5) is 11.6. The first-order chi connectivity index (χ1) is 9.22. The number of nitrogens with one attached hydrogen (secondary N) is 1. The van der Waals surface area contributed by atoms with Crippen molar-refractivity contribution < 1.29 is 27.1 Å². The summed E-state index contributed by atoms with van der Waals surface area (Å²) in [5.41, 5.74) is 6.33. The number of ether oxygens (including phenoxy) is 1. The van der Waals surface area contributed by atoms with E-state index >= 15 is 0 Å². The van der Waals surface area contributed by atoms with Crippen LogP contribution in [-0.2, 0) is 9.53 Å². The van der Waals surface area contributed by atoms with Gasteiger partial charge in [0.1, 0.15) is 12.7 Å². The number of nitrogen functional groups attached to an aromatic ring is 1. The highest BCUT2D eigenvalue weighted by Crippen LogP contribution is 2.23. The van der Waals surface area contributed by atoms with Gasteiger partial charge in [-0.3, -0.25) is 4.79 Å². The summed E-state index contributed by atoms with van der Waals surface area (Å²) in [6, 6.07) is 6.08. The predicted octanol–water partition coefficient (Wildman–Crippen LogP) is 2.51. The average Bonchev–Trinajstić information content (AvgIpc) is 2.38. The highest BCUT2D eigenvalue weighted by atomic mass is 19.3. The largest absolute Gasteiger partial charge is 0.399 e. The third-order valence-electron chi connectivity index (χ3n) is 2.39. The number of rotatable bonds is 6. The number of carbonyl (C=O) groups excluding carboxylic acids is 1. The molecule has 0 spiro atoms. The van der Waals surface area contributed by atoms with Gasteiger partial charge in [0.05, 0.1) is 0 Å². The van der Waals surface area contributed by atoms with Crippen molar-refractivity contribution in [1.29, 1.82) is 0 Å². The first-order valence-corrected chi connectivity index (χ1v) is 5.66. The van der Waals surface area contributed by atoms with Crippen LogP contribution in [0.4, 0.5) is 28.9 Å². The monoisotopic (exact) mass is 294 g/mol. The fourth-order valence-corrected chi connectivity index (χ4v) is 1.19. The maximum atomic E-state index is 12.6. The Hall–Kier alpha value is -1.83. The number of hydrogen-bond donors (Lipinski definition) is 2. The third kappa shape index (κ3) is 4.69. The fraction of sp³-hybridized carbons (Fsp3) is 0.417. The van der Waals surface area contributed by atoms with Crippen molar-refractivity contribution in [3.63, 3.8) is 0 Å². The second kappa shape index (κ2) is 6.56. The lowest BCUT2D eigenvalue weighted by Gasteiger charge is -2.18. The first-order valence-electron chi connectivity index (χ1n) is 5.66. The zero-order chi connectivity index (χ0) is 15.3. The van der Waals surface area contributed by atoms with Gasteiger partial charge < -0.3 is 15.8 Å². The topological polar surface area (TPSA) is 64.3 Å². The van der Waals surface area contributed by atoms with Gasteiger partial charge in [-0.2, -0.15) is 8.78 Å². The number of hydrogen-bond acceptors (Lipinski definition) is 3. The molecule has 20 heavy (non-hydrogen) atoms. The molecule has 112 valence electrons. The maximum absolute atomic E-state index is 12.6. The lowest BCUT2D eigenvalue weighted by molar-refractivity contribution is -0.176. The molecule has 0 fully saturated rings. The normalized spacial score (nSPS) is 13.3. The summed E-state index contributed by atoms with van der Waals surface area (Å²) in [6.07, 6.45) is -5.13. The molecule has 1 atom stereocenters. The Labute approximate surface area is 112 Å². The quantitative estimate of drug-likeness (QED) is 0.626. The van der Waals surface area contributed by atoms with Gasteiger partial charge in [-0.05, 0) is 31.2 Å². The zero-order valence-electron chi connectivity index (χ0n) is 10.6. The molecule has 1 rings (SSSR count). The molecule has 0 saturated heterocycles. The number of anilines is 2. The van der Waals surface area contributed by atoms with E-state index in [0.717, 1.165) is 0 Å². The van der Waals surface area contributed by atoms with Crippen molar-refractivity contribution in [3.8, 4) is 0 Å². The van der Waals surface area contributed by atoms with Crippen molar-refractivity contribution in [2.45, 2.75) is 25.4 Å². The van der Waals surface area contributed by atoms with Gasteiger partial charge >= 0.3 is 12.3 Å². The average molecular weight is 294 g/mol. The Bertz CT molecular complexity index is 451. The van der Waals surface area contributed by atoms with Crippen LogP contribution in [0.5, 0.6) is 0 Å². The van der Waals surface area contributed by atoms with E-state index in [4.69, 9.17) is 5.73 Å². The minimum absolute atomic E-state index is 0.389. The van der Waals surface area contributed by atoms with E-state index in [-0.39, 0.29) is 0 Å². The zero-order valence-corrected chi connectivity index (χ0v) is 10.6. The van der Waals surface area contributed by atoms with Crippen LogP contribution in [0, 0.1) is 0 Å². The molecule has 1 aromatic rings. The molecule has 1 aromatic carbocycles. The van der Waals surface area contributed by atoms with Crippen LogP contribution in [-0.4, -0.2) is 31.0 Å². The standard InChI is InChI=1S/C12H14F4N2O2/c1-7(20-6-12(15,16)11(13)14)10(19)18-9-4-2-8(17)3-5-9/h2-5,7,11H,6,17H2,1H3,(H,18,19). The molecule has 4 nitrogen and oxygen atoms in total. The van der Waals surface area contributed by atoms with Crippen molar-refractivity contribution >= 4 is 17.3 Å². The molecular formula is C12H14F4N2O2. The minimum atomic E-state index is -4.28. The van der Waals surface area contributed by atoms with Gasteiger partial charge in [-0.1, -0.05) is 0 Å². The van der Waals surface area contributed by atoms with E-state index < -0.39 is 31.0 Å². The molecular weight excluding hydrogens is 280 g/mol. The second-order valence-corrected chi connectivity index (χ2v) is 4.13. The summed E-state index contributed by atoms with van der Waals surface area (Å²) < 4.78 is 53.5. The van der Waals surface area contributed by atoms with Crippen LogP contribution in [0.25, 0.3) is 0 Å². The van der Waals surface area contributed by atoms with Crippen molar-refractivity contribution in [3.05, 3.63) is 24.3 Å². The number of carbonyl (C=O) groups is 1. The Morgan fingerprint density at radius 2 is 1.90 bits per heavy atom. The molecule has 1 amide bonds. The van der Waals surface area contributed by atoms with E-state index in [1.54, 1.807) is 0 Å². The summed E-state index contributed by atoms with van der Waals surface area (Å²) in [5, 5.41) is 2.38. The van der Waals surface area contributed by atoms with Crippen molar-refractivity contribution in [2.24, 2.45) is 0 Å². The van der Waals surface area contributed by atoms with Gasteiger partial charge in [0.2, 0.25) is 0 Å². The van der Waals surface area contributed by atoms with Gasteiger partial charge in [-0.25, -0.2) is 8.78 Å². The highest BCUT2D eigenvalue weighted by Gasteiger charge is 2.41. The van der Waals surface area contributed by atoms with Crippen LogP contribution in [0.15, 0.2) is 24.3 Å². The highest BCUT2D eigenvalue weighted by molar-refractivity contribution is 5.94. The molecule has 0 heterocycles. The van der Waals surface area contributed by atoms with E-state index in [9.17, 15) is 22.4 Å². The van der Waals surface area contributed by atoms with Crippen LogP contribution < -0.4 is 11.1 Å². The first kappa shape index (κ1) is 16.2. The SMILES string of the molecule is CC(OCC(F)(F)C(F)F)C(=O)Nc1ccc(N)cc1. The summed E-state index contributed by atoms with van der Waals surface area (Å²) in [7, 11) is 0. The van der Waals surface area contributed by atoms with Crippen molar-refractivity contribution in [2.75, 3.05) is 17.7 Å². The van der Waals surface area contributed by atoms with Crippen molar-refractivity contribution in [1.82, 2.24) is 0 Å². The van der Waals surface area contributed by atoms with E-state index in [0.29, 0.717) is 11.4 Å². The molecule has 0 aliphatic carbocycles. The molecule has 0 aromatic heterocycles. The minimum Gasteiger partial charge on any atom is -0.399 e. The van der Waals surface area contributed by atoms with Gasteiger partial charge in [0, 0.05) is 11.4 Å². The number of alkyl halides is 4. The Morgan fingerprint density at radius 1 is 1.35 bits per heavy atom. The van der Waals surface area contributed by atoms with Gasteiger partial charge in [-0.15, -0.1) is 0 Å². The number of amides is 1. The molecule has 0 bridgehead atoms. The maximum Gasteiger partial charge on any atom is 0.330 e. The molecule has 1 unspecified atom stereocenters. The summed E-state index contributed by atoms with van der Waals surface area (Å²) >= 11 is 0. The number of benzene rings is 1. The molecule has 0 radical (unpaired) electrons. The Balaban J connectivity index is 2.49. The molecule has 0 aliphatic rings. The van der Waals surface area contributed by atoms with E-state index in [1.807, 2.05) is 0 Å². The van der Waals surface area contributed by atoms with Crippen LogP contribution in [0.2, 0.25) is 0 Å². The van der Waals surface area contributed by atoms with E-state index in [1.165, 1.54) is 31.2 Å². The second-order valence-electron chi connectivity index (χ2n) is 4.13. The van der Waals surface area contributed by atoms with Crippen LogP contribution in [0.3, 0.4) is 0 Å². The number of nitrogens with two attached hydrogens (primary N) is 1. The summed E-state index contributed by atoms with van der Waals surface area (Å²) in [5.74, 6) is -5.00. The Kier molecular flexibility index (Phi) is 5.32. The Morgan fingerprint density at radius 3 is 2.40 bits per heavy atom. The molecule has 0 saturated carbocycles. The van der Waals surface area contributed by atoms with Gasteiger partial charge in [0.25, 0.3) is 5.91 Å². The lowest BCUT2D eigenvalue weighted by atomic mass is 10.2. The smallest absolute Gasteiger partial charge is 0.330 e. The van der Waals surface area contributed by atoms with E-state index in [2.05, 4.69) is 10.1 Å². The fourth-order valence-electron chi connectivity index (χ4n) is 1.19. The summed E-state index contributed by atoms with van der Waals surface area (Å²) in [6.45, 7) is -0.338. The molecule has 3 N–H and O–H groups in total. The lowest BCUT2D eigenvalue weighted by Crippen LogP contribution is -2.37. The van der Waals surface area contributed by atoms with Gasteiger partial charge in [0.15, 0.2) is 0 Å². The number of halogens is 4.